The zero-order valence-electron chi connectivity index (χ0n) is 14.8. The average molecular weight is 370 g/mol. The van der Waals surface area contributed by atoms with Gasteiger partial charge in [-0.1, -0.05) is 12.1 Å². The molecule has 0 bridgehead atoms. The lowest BCUT2D eigenvalue weighted by Gasteiger charge is -2.43. The van der Waals surface area contributed by atoms with Crippen molar-refractivity contribution in [1.29, 1.82) is 0 Å². The van der Waals surface area contributed by atoms with Crippen LogP contribution in [-0.4, -0.2) is 82.6 Å². The van der Waals surface area contributed by atoms with Crippen LogP contribution in [0.2, 0.25) is 0 Å². The van der Waals surface area contributed by atoms with E-state index in [1.807, 2.05) is 18.2 Å². The summed E-state index contributed by atoms with van der Waals surface area (Å²) in [7, 11) is -1.61. The standard InChI is InChI=1S/C17H26N2O5S/c1-22-16-5-3-4-15(10-16)11-18-6-9-24-17(12-18)13-19(25(2,20)21)7-8-23-14-17/h3-5,10H,6-9,11-14H2,1-2H3. The maximum atomic E-state index is 12.0. The normalized spacial score (nSPS) is 26.5. The third-order valence-electron chi connectivity index (χ3n) is 4.65. The van der Waals surface area contributed by atoms with Crippen molar-refractivity contribution < 1.29 is 22.6 Å². The SMILES string of the molecule is COc1cccc(CN2CCOC3(COCCN(S(C)(=O)=O)C3)C2)c1. The Morgan fingerprint density at radius 1 is 1.24 bits per heavy atom. The van der Waals surface area contributed by atoms with Crippen molar-refractivity contribution in [2.75, 3.05) is 59.4 Å². The maximum Gasteiger partial charge on any atom is 0.211 e. The van der Waals surface area contributed by atoms with Crippen LogP contribution in [0.4, 0.5) is 0 Å². The molecule has 0 radical (unpaired) electrons. The van der Waals surface area contributed by atoms with E-state index in [4.69, 9.17) is 14.2 Å². The van der Waals surface area contributed by atoms with Crippen LogP contribution in [-0.2, 0) is 26.0 Å². The molecule has 1 aromatic rings. The Bertz CT molecular complexity index is 696. The molecule has 3 rings (SSSR count). The minimum Gasteiger partial charge on any atom is -0.497 e. The molecule has 0 N–H and O–H groups in total. The van der Waals surface area contributed by atoms with Gasteiger partial charge in [0.05, 0.1) is 33.2 Å². The first kappa shape index (κ1) is 18.6. The molecule has 0 aliphatic carbocycles. The van der Waals surface area contributed by atoms with Gasteiger partial charge in [-0.25, -0.2) is 8.42 Å². The molecule has 1 atom stereocenters. The van der Waals surface area contributed by atoms with E-state index in [2.05, 4.69) is 11.0 Å². The molecule has 2 fully saturated rings. The molecule has 2 heterocycles. The zero-order valence-corrected chi connectivity index (χ0v) is 15.6. The quantitative estimate of drug-likeness (QED) is 0.771. The second-order valence-corrected chi connectivity index (χ2v) is 8.73. The van der Waals surface area contributed by atoms with E-state index in [1.165, 1.54) is 10.6 Å². The van der Waals surface area contributed by atoms with Gasteiger partial charge in [0.1, 0.15) is 11.4 Å². The van der Waals surface area contributed by atoms with Crippen LogP contribution < -0.4 is 4.74 Å². The summed E-state index contributed by atoms with van der Waals surface area (Å²) >= 11 is 0. The molecule has 1 unspecified atom stereocenters. The number of sulfonamides is 1. The molecule has 2 saturated heterocycles. The number of morpholine rings is 1. The monoisotopic (exact) mass is 370 g/mol. The average Bonchev–Trinajstić information content (AvgIpc) is 2.78. The van der Waals surface area contributed by atoms with Crippen LogP contribution in [0.3, 0.4) is 0 Å². The highest BCUT2D eigenvalue weighted by Crippen LogP contribution is 2.25. The Morgan fingerprint density at radius 2 is 2.08 bits per heavy atom. The molecule has 2 aliphatic rings. The van der Waals surface area contributed by atoms with E-state index in [0.717, 1.165) is 24.4 Å². The van der Waals surface area contributed by atoms with Crippen molar-refractivity contribution in [1.82, 2.24) is 9.21 Å². The van der Waals surface area contributed by atoms with E-state index in [9.17, 15) is 8.42 Å². The van der Waals surface area contributed by atoms with Crippen LogP contribution in [0, 0.1) is 0 Å². The van der Waals surface area contributed by atoms with Crippen molar-refractivity contribution in [3.05, 3.63) is 29.8 Å². The minimum absolute atomic E-state index is 0.334. The molecule has 140 valence electrons. The van der Waals surface area contributed by atoms with Crippen molar-refractivity contribution in [3.63, 3.8) is 0 Å². The number of benzene rings is 1. The van der Waals surface area contributed by atoms with E-state index in [1.54, 1.807) is 7.11 Å². The van der Waals surface area contributed by atoms with Crippen LogP contribution >= 0.6 is 0 Å². The second-order valence-electron chi connectivity index (χ2n) is 6.74. The zero-order chi connectivity index (χ0) is 17.9. The lowest BCUT2D eigenvalue weighted by molar-refractivity contribution is -0.139. The molecular formula is C17H26N2O5S. The van der Waals surface area contributed by atoms with Gasteiger partial charge >= 0.3 is 0 Å². The van der Waals surface area contributed by atoms with Crippen LogP contribution in [0.5, 0.6) is 5.75 Å². The third kappa shape index (κ3) is 4.71. The van der Waals surface area contributed by atoms with Gasteiger partial charge in [-0.15, -0.1) is 0 Å². The third-order valence-corrected chi connectivity index (χ3v) is 5.90. The van der Waals surface area contributed by atoms with Gasteiger partial charge in [-0.05, 0) is 17.7 Å². The fourth-order valence-electron chi connectivity index (χ4n) is 3.42. The summed E-state index contributed by atoms with van der Waals surface area (Å²) in [5, 5.41) is 0. The summed E-state index contributed by atoms with van der Waals surface area (Å²) in [6.07, 6.45) is 1.24. The van der Waals surface area contributed by atoms with Gasteiger partial charge in [0.25, 0.3) is 0 Å². The summed E-state index contributed by atoms with van der Waals surface area (Å²) in [4.78, 5) is 2.29. The van der Waals surface area contributed by atoms with Gasteiger partial charge in [0.15, 0.2) is 0 Å². The largest absolute Gasteiger partial charge is 0.497 e. The first-order valence-electron chi connectivity index (χ1n) is 8.42. The summed E-state index contributed by atoms with van der Waals surface area (Å²) in [6, 6.07) is 7.99. The molecule has 1 spiro atoms. The van der Waals surface area contributed by atoms with Gasteiger partial charge < -0.3 is 14.2 Å². The predicted molar refractivity (Wildman–Crippen MR) is 94.2 cm³/mol. The first-order valence-corrected chi connectivity index (χ1v) is 10.3. The minimum atomic E-state index is -3.27. The second kappa shape index (κ2) is 7.59. The van der Waals surface area contributed by atoms with Crippen LogP contribution in [0.15, 0.2) is 24.3 Å². The highest BCUT2D eigenvalue weighted by molar-refractivity contribution is 7.88. The highest BCUT2D eigenvalue weighted by Gasteiger charge is 2.42. The summed E-state index contributed by atoms with van der Waals surface area (Å²) < 4.78 is 42.4. The molecule has 25 heavy (non-hydrogen) atoms. The fourth-order valence-corrected chi connectivity index (χ4v) is 4.30. The fraction of sp³-hybridized carbons (Fsp3) is 0.647. The topological polar surface area (TPSA) is 68.3 Å². The van der Waals surface area contributed by atoms with E-state index < -0.39 is 15.6 Å². The molecule has 1 aromatic carbocycles. The number of rotatable bonds is 4. The predicted octanol–water partition coefficient (Wildman–Crippen LogP) is 0.558. The summed E-state index contributed by atoms with van der Waals surface area (Å²) in [5.74, 6) is 0.835. The van der Waals surface area contributed by atoms with E-state index in [0.29, 0.717) is 39.5 Å². The number of hydrogen-bond acceptors (Lipinski definition) is 6. The van der Waals surface area contributed by atoms with Gasteiger partial charge in [-0.3, -0.25) is 4.90 Å². The number of hydrogen-bond donors (Lipinski definition) is 0. The Labute approximate surface area is 149 Å². The summed E-state index contributed by atoms with van der Waals surface area (Å²) in [6.45, 7) is 4.28. The van der Waals surface area contributed by atoms with Gasteiger partial charge in [0.2, 0.25) is 10.0 Å². The number of methoxy groups -OCH3 is 1. The van der Waals surface area contributed by atoms with Crippen molar-refractivity contribution in [2.24, 2.45) is 0 Å². The van der Waals surface area contributed by atoms with E-state index in [-0.39, 0.29) is 0 Å². The van der Waals surface area contributed by atoms with Crippen molar-refractivity contribution >= 4 is 10.0 Å². The summed E-state index contributed by atoms with van der Waals surface area (Å²) in [5.41, 5.74) is 0.544. The molecular weight excluding hydrogens is 344 g/mol. The Hall–Kier alpha value is -1.19. The molecule has 2 aliphatic heterocycles. The van der Waals surface area contributed by atoms with Crippen molar-refractivity contribution in [2.45, 2.75) is 12.1 Å². The van der Waals surface area contributed by atoms with Crippen LogP contribution in [0.25, 0.3) is 0 Å². The molecule has 8 heteroatoms. The van der Waals surface area contributed by atoms with Crippen molar-refractivity contribution in [3.8, 4) is 5.75 Å². The Morgan fingerprint density at radius 3 is 2.84 bits per heavy atom. The van der Waals surface area contributed by atoms with Crippen LogP contribution in [0.1, 0.15) is 5.56 Å². The molecule has 0 saturated carbocycles. The molecule has 7 nitrogen and oxygen atoms in total. The molecule has 0 aromatic heterocycles. The molecule has 0 amide bonds. The van der Waals surface area contributed by atoms with E-state index >= 15 is 0 Å². The maximum absolute atomic E-state index is 12.0. The van der Waals surface area contributed by atoms with Gasteiger partial charge in [-0.2, -0.15) is 4.31 Å². The highest BCUT2D eigenvalue weighted by atomic mass is 32.2. The lowest BCUT2D eigenvalue weighted by Crippen LogP contribution is -2.58. The Balaban J connectivity index is 1.72. The first-order chi connectivity index (χ1) is 11.9. The van der Waals surface area contributed by atoms with Gasteiger partial charge in [0, 0.05) is 32.7 Å². The Kier molecular flexibility index (Phi) is 5.65. The number of nitrogens with zero attached hydrogens (tertiary/aromatic N) is 2. The smallest absolute Gasteiger partial charge is 0.211 e. The number of ether oxygens (including phenoxy) is 3. The lowest BCUT2D eigenvalue weighted by atomic mass is 10.0.